The molecule has 1 aromatic rings. The van der Waals surface area contributed by atoms with Crippen LogP contribution in [-0.2, 0) is 10.0 Å². The third-order valence-electron chi connectivity index (χ3n) is 3.71. The van der Waals surface area contributed by atoms with Gasteiger partial charge in [-0.1, -0.05) is 6.92 Å². The summed E-state index contributed by atoms with van der Waals surface area (Å²) in [6.45, 7) is 7.44. The molecule has 0 amide bonds. The number of hydrogen-bond acceptors (Lipinski definition) is 4. The fourth-order valence-corrected chi connectivity index (χ4v) is 4.34. The molecular formula is C14H23N3O2S. The van der Waals surface area contributed by atoms with E-state index in [1.54, 1.807) is 16.4 Å². The Kier molecular flexibility index (Phi) is 4.34. The molecule has 5 nitrogen and oxygen atoms in total. The first-order chi connectivity index (χ1) is 9.38. The van der Waals surface area contributed by atoms with E-state index < -0.39 is 10.0 Å². The second-order valence-corrected chi connectivity index (χ2v) is 7.66. The van der Waals surface area contributed by atoms with Crippen LogP contribution >= 0.6 is 0 Å². The van der Waals surface area contributed by atoms with Crippen molar-refractivity contribution < 1.29 is 8.42 Å². The molecule has 0 radical (unpaired) electrons. The van der Waals surface area contributed by atoms with Gasteiger partial charge in [-0.05, 0) is 45.2 Å². The predicted molar refractivity (Wildman–Crippen MR) is 80.2 cm³/mol. The summed E-state index contributed by atoms with van der Waals surface area (Å²) in [6.07, 6.45) is 4.26. The lowest BCUT2D eigenvalue weighted by atomic mass is 10.0. The first-order valence-corrected chi connectivity index (χ1v) is 8.55. The number of nitrogens with one attached hydrogen (secondary N) is 1. The fourth-order valence-electron chi connectivity index (χ4n) is 2.55. The third kappa shape index (κ3) is 2.96. The molecule has 0 atom stereocenters. The van der Waals surface area contributed by atoms with Crippen LogP contribution in [0.2, 0.25) is 0 Å². The molecule has 112 valence electrons. The molecule has 0 unspecified atom stereocenters. The van der Waals surface area contributed by atoms with Gasteiger partial charge in [0.2, 0.25) is 10.0 Å². The Morgan fingerprint density at radius 3 is 2.65 bits per heavy atom. The minimum atomic E-state index is -3.44. The predicted octanol–water partition coefficient (Wildman–Crippen LogP) is 2.47. The largest absolute Gasteiger partial charge is 0.370 e. The van der Waals surface area contributed by atoms with Crippen LogP contribution in [0.4, 0.5) is 5.82 Å². The van der Waals surface area contributed by atoms with Gasteiger partial charge in [-0.25, -0.2) is 13.4 Å². The molecule has 20 heavy (non-hydrogen) atoms. The Labute approximate surface area is 121 Å². The monoisotopic (exact) mass is 297 g/mol. The Balaban J connectivity index is 2.22. The van der Waals surface area contributed by atoms with Gasteiger partial charge in [0.05, 0.1) is 0 Å². The van der Waals surface area contributed by atoms with Gasteiger partial charge in [0.25, 0.3) is 0 Å². The molecule has 1 saturated heterocycles. The summed E-state index contributed by atoms with van der Waals surface area (Å²) in [5.41, 5.74) is -0.308. The van der Waals surface area contributed by atoms with Crippen LogP contribution in [-0.4, -0.2) is 36.3 Å². The molecule has 2 heterocycles. The topological polar surface area (TPSA) is 62.3 Å². The molecule has 1 N–H and O–H groups in total. The molecule has 1 aromatic heterocycles. The number of nitrogens with zero attached hydrogens (tertiary/aromatic N) is 2. The first kappa shape index (κ1) is 15.3. The molecule has 1 aliphatic rings. The summed E-state index contributed by atoms with van der Waals surface area (Å²) >= 11 is 0. The Bertz CT molecular complexity index is 552. The quantitative estimate of drug-likeness (QED) is 0.907. The second-order valence-electron chi connectivity index (χ2n) is 5.80. The van der Waals surface area contributed by atoms with Gasteiger partial charge >= 0.3 is 0 Å². The van der Waals surface area contributed by atoms with Crippen molar-refractivity contribution in [2.45, 2.75) is 50.5 Å². The molecule has 0 aliphatic carbocycles. The number of anilines is 1. The van der Waals surface area contributed by atoms with Crippen molar-refractivity contribution in [3.05, 3.63) is 18.3 Å². The van der Waals surface area contributed by atoms with Gasteiger partial charge in [-0.3, -0.25) is 0 Å². The smallest absolute Gasteiger partial charge is 0.245 e. The third-order valence-corrected chi connectivity index (χ3v) is 5.80. The summed E-state index contributed by atoms with van der Waals surface area (Å²) in [5.74, 6) is 0.714. The molecule has 1 aliphatic heterocycles. The van der Waals surface area contributed by atoms with Crippen molar-refractivity contribution in [2.24, 2.45) is 0 Å². The summed E-state index contributed by atoms with van der Waals surface area (Å²) in [6, 6.07) is 3.36. The van der Waals surface area contributed by atoms with Gasteiger partial charge in [0.1, 0.15) is 10.7 Å². The number of rotatable bonds is 5. The lowest BCUT2D eigenvalue weighted by Gasteiger charge is -2.30. The van der Waals surface area contributed by atoms with Crippen LogP contribution in [0.5, 0.6) is 0 Å². The summed E-state index contributed by atoms with van der Waals surface area (Å²) in [4.78, 5) is 4.46. The second kappa shape index (κ2) is 5.69. The number of aromatic nitrogens is 1. The van der Waals surface area contributed by atoms with Crippen molar-refractivity contribution in [3.8, 4) is 0 Å². The fraction of sp³-hybridized carbons (Fsp3) is 0.643. The van der Waals surface area contributed by atoms with Crippen molar-refractivity contribution in [2.75, 3.05) is 18.4 Å². The van der Waals surface area contributed by atoms with Crippen molar-refractivity contribution in [3.63, 3.8) is 0 Å². The van der Waals surface area contributed by atoms with E-state index in [4.69, 9.17) is 0 Å². The van der Waals surface area contributed by atoms with Crippen LogP contribution in [0, 0.1) is 0 Å². The lowest BCUT2D eigenvalue weighted by Crippen LogP contribution is -2.42. The molecule has 6 heteroatoms. The van der Waals surface area contributed by atoms with Gasteiger partial charge in [-0.15, -0.1) is 0 Å². The highest BCUT2D eigenvalue weighted by Gasteiger charge is 2.40. The molecule has 1 fully saturated rings. The van der Waals surface area contributed by atoms with Crippen molar-refractivity contribution in [1.29, 1.82) is 0 Å². The molecule has 0 aromatic carbocycles. The minimum Gasteiger partial charge on any atom is -0.370 e. The first-order valence-electron chi connectivity index (χ1n) is 7.11. The highest BCUT2D eigenvalue weighted by atomic mass is 32.2. The molecule has 0 bridgehead atoms. The van der Waals surface area contributed by atoms with Gasteiger partial charge in [0, 0.05) is 24.8 Å². The average Bonchev–Trinajstić information content (AvgIpc) is 2.77. The molecule has 0 saturated carbocycles. The average molecular weight is 297 g/mol. The highest BCUT2D eigenvalue weighted by molar-refractivity contribution is 7.89. The number of sulfonamides is 1. The summed E-state index contributed by atoms with van der Waals surface area (Å²) < 4.78 is 26.9. The van der Waals surface area contributed by atoms with Crippen LogP contribution < -0.4 is 5.32 Å². The Morgan fingerprint density at radius 2 is 2.15 bits per heavy atom. The SMILES string of the molecule is CCCNc1ccc(S(=O)(=O)N2CCCC2(C)C)cn1. The van der Waals surface area contributed by atoms with Crippen LogP contribution in [0.25, 0.3) is 0 Å². The summed E-state index contributed by atoms with van der Waals surface area (Å²) in [7, 11) is -3.44. The zero-order chi connectivity index (χ0) is 14.8. The van der Waals surface area contributed by atoms with E-state index in [0.29, 0.717) is 12.4 Å². The molecule has 2 rings (SSSR count). The van der Waals surface area contributed by atoms with E-state index in [2.05, 4.69) is 17.2 Å². The van der Waals surface area contributed by atoms with Gasteiger partial charge in [-0.2, -0.15) is 4.31 Å². The molecular weight excluding hydrogens is 274 g/mol. The Hall–Kier alpha value is -1.14. The molecule has 0 spiro atoms. The van der Waals surface area contributed by atoms with Gasteiger partial charge < -0.3 is 5.32 Å². The van der Waals surface area contributed by atoms with E-state index in [1.165, 1.54) is 6.20 Å². The van der Waals surface area contributed by atoms with E-state index in [1.807, 2.05) is 13.8 Å². The van der Waals surface area contributed by atoms with E-state index in [9.17, 15) is 8.42 Å². The highest BCUT2D eigenvalue weighted by Crippen LogP contribution is 2.33. The maximum atomic E-state index is 12.6. The maximum Gasteiger partial charge on any atom is 0.245 e. The van der Waals surface area contributed by atoms with E-state index in [-0.39, 0.29) is 10.4 Å². The van der Waals surface area contributed by atoms with Crippen LogP contribution in [0.1, 0.15) is 40.0 Å². The van der Waals surface area contributed by atoms with Crippen LogP contribution in [0.15, 0.2) is 23.2 Å². The number of hydrogen-bond donors (Lipinski definition) is 1. The van der Waals surface area contributed by atoms with Crippen molar-refractivity contribution >= 4 is 15.8 Å². The summed E-state index contributed by atoms with van der Waals surface area (Å²) in [5, 5.41) is 3.14. The maximum absolute atomic E-state index is 12.6. The standard InChI is InChI=1S/C14H23N3O2S/c1-4-9-15-13-7-6-12(11-16-13)20(18,19)17-10-5-8-14(17,2)3/h6-7,11H,4-5,8-10H2,1-3H3,(H,15,16). The van der Waals surface area contributed by atoms with E-state index in [0.717, 1.165) is 25.8 Å². The van der Waals surface area contributed by atoms with Crippen LogP contribution in [0.3, 0.4) is 0 Å². The van der Waals surface area contributed by atoms with Gasteiger partial charge in [0.15, 0.2) is 0 Å². The normalized spacial score (nSPS) is 19.1. The van der Waals surface area contributed by atoms with E-state index >= 15 is 0 Å². The van der Waals surface area contributed by atoms with Crippen molar-refractivity contribution in [1.82, 2.24) is 9.29 Å². The zero-order valence-corrected chi connectivity index (χ0v) is 13.2. The zero-order valence-electron chi connectivity index (χ0n) is 12.4. The Morgan fingerprint density at radius 1 is 1.40 bits per heavy atom. The lowest BCUT2D eigenvalue weighted by molar-refractivity contribution is 0.291. The number of pyridine rings is 1. The minimum absolute atomic E-state index is 0.273.